The van der Waals surface area contributed by atoms with Crippen molar-refractivity contribution in [3.05, 3.63) is 24.5 Å². The van der Waals surface area contributed by atoms with Gasteiger partial charge in [-0.1, -0.05) is 0 Å². The number of carbonyl (C=O) groups excluding carboxylic acids is 1. The first-order valence-electron chi connectivity index (χ1n) is 6.98. The lowest BCUT2D eigenvalue weighted by Gasteiger charge is -2.30. The van der Waals surface area contributed by atoms with Crippen LogP contribution in [0.5, 0.6) is 0 Å². The second-order valence-electron chi connectivity index (χ2n) is 5.54. The molecule has 0 radical (unpaired) electrons. The van der Waals surface area contributed by atoms with Gasteiger partial charge in [0, 0.05) is 28.6 Å². The fourth-order valence-electron chi connectivity index (χ4n) is 2.83. The molecule has 4 nitrogen and oxygen atoms in total. The smallest absolute Gasteiger partial charge is 0.326 e. The Labute approximate surface area is 124 Å². The molecule has 0 saturated heterocycles. The van der Waals surface area contributed by atoms with Crippen LogP contribution in [0.1, 0.15) is 33.1 Å². The van der Waals surface area contributed by atoms with Gasteiger partial charge in [0.1, 0.15) is 5.54 Å². The number of rotatable bonds is 5. The molecule has 0 aromatic carbocycles. The number of carbonyl (C=O) groups is 1. The molecule has 1 heterocycles. The van der Waals surface area contributed by atoms with Crippen LogP contribution in [0.25, 0.3) is 0 Å². The monoisotopic (exact) mass is 294 g/mol. The fourth-order valence-corrected chi connectivity index (χ4v) is 4.10. The highest BCUT2D eigenvalue weighted by atomic mass is 32.2. The quantitative estimate of drug-likeness (QED) is 0.846. The van der Waals surface area contributed by atoms with Crippen molar-refractivity contribution in [2.24, 2.45) is 0 Å². The van der Waals surface area contributed by atoms with Crippen molar-refractivity contribution in [1.29, 1.82) is 0 Å². The third-order valence-electron chi connectivity index (χ3n) is 3.56. The molecule has 1 aliphatic carbocycles. The van der Waals surface area contributed by atoms with Crippen molar-refractivity contribution in [2.45, 2.75) is 54.8 Å². The van der Waals surface area contributed by atoms with E-state index in [0.717, 1.165) is 19.3 Å². The van der Waals surface area contributed by atoms with Gasteiger partial charge in [0.05, 0.1) is 7.11 Å². The Morgan fingerprint density at radius 3 is 2.80 bits per heavy atom. The van der Waals surface area contributed by atoms with Gasteiger partial charge in [-0.25, -0.2) is 0 Å². The molecule has 1 aliphatic rings. The second-order valence-corrected chi connectivity index (χ2v) is 6.91. The molecule has 0 amide bonds. The van der Waals surface area contributed by atoms with E-state index in [0.29, 0.717) is 5.25 Å². The van der Waals surface area contributed by atoms with E-state index >= 15 is 0 Å². The van der Waals surface area contributed by atoms with Crippen LogP contribution in [-0.4, -0.2) is 34.9 Å². The summed E-state index contributed by atoms with van der Waals surface area (Å²) in [5.41, 5.74) is -0.520. The number of methoxy groups -OCH3 is 1. The van der Waals surface area contributed by atoms with Crippen molar-refractivity contribution in [3.8, 4) is 0 Å². The SMILES string of the molecule is COC(=O)C1(NC(C)C)CCC(Sc2ccncc2)C1. The molecule has 110 valence electrons. The molecule has 1 fully saturated rings. The number of ether oxygens (including phenoxy) is 1. The normalized spacial score (nSPS) is 25.9. The predicted octanol–water partition coefficient (Wildman–Crippen LogP) is 2.64. The average molecular weight is 294 g/mol. The molecule has 5 heteroatoms. The molecule has 2 atom stereocenters. The van der Waals surface area contributed by atoms with E-state index in [1.54, 1.807) is 12.4 Å². The standard InChI is InChI=1S/C15H22N2O2S/c1-11(2)17-15(14(18)19-3)7-4-13(10-15)20-12-5-8-16-9-6-12/h5-6,8-9,11,13,17H,4,7,10H2,1-3H3. The number of nitrogens with zero attached hydrogens (tertiary/aromatic N) is 1. The van der Waals surface area contributed by atoms with Crippen LogP contribution < -0.4 is 5.32 Å². The van der Waals surface area contributed by atoms with Gasteiger partial charge in [-0.05, 0) is 45.2 Å². The van der Waals surface area contributed by atoms with Crippen LogP contribution >= 0.6 is 11.8 Å². The van der Waals surface area contributed by atoms with Crippen LogP contribution in [0.4, 0.5) is 0 Å². The van der Waals surface area contributed by atoms with Gasteiger partial charge in [-0.3, -0.25) is 15.1 Å². The number of nitrogens with one attached hydrogen (secondary N) is 1. The maximum absolute atomic E-state index is 12.2. The van der Waals surface area contributed by atoms with Crippen LogP contribution in [-0.2, 0) is 9.53 Å². The third-order valence-corrected chi connectivity index (χ3v) is 4.84. The number of hydrogen-bond donors (Lipinski definition) is 1. The third kappa shape index (κ3) is 3.52. The molecule has 1 saturated carbocycles. The molecule has 1 aromatic heterocycles. The molecule has 0 aliphatic heterocycles. The molecule has 20 heavy (non-hydrogen) atoms. The van der Waals surface area contributed by atoms with Gasteiger partial charge >= 0.3 is 5.97 Å². The Bertz CT molecular complexity index is 452. The van der Waals surface area contributed by atoms with Crippen molar-refractivity contribution in [1.82, 2.24) is 10.3 Å². The molecule has 1 N–H and O–H groups in total. The number of pyridine rings is 1. The highest BCUT2D eigenvalue weighted by molar-refractivity contribution is 8.00. The number of hydrogen-bond acceptors (Lipinski definition) is 5. The lowest BCUT2D eigenvalue weighted by Crippen LogP contribution is -2.53. The van der Waals surface area contributed by atoms with Crippen molar-refractivity contribution >= 4 is 17.7 Å². The van der Waals surface area contributed by atoms with E-state index in [-0.39, 0.29) is 12.0 Å². The Morgan fingerprint density at radius 1 is 1.50 bits per heavy atom. The summed E-state index contributed by atoms with van der Waals surface area (Å²) in [7, 11) is 1.47. The van der Waals surface area contributed by atoms with E-state index in [1.807, 2.05) is 23.9 Å². The van der Waals surface area contributed by atoms with Gasteiger partial charge in [-0.2, -0.15) is 0 Å². The maximum Gasteiger partial charge on any atom is 0.326 e. The Morgan fingerprint density at radius 2 is 2.20 bits per heavy atom. The number of aromatic nitrogens is 1. The van der Waals surface area contributed by atoms with Gasteiger partial charge < -0.3 is 4.74 Å². The molecule has 0 bridgehead atoms. The molecule has 2 unspecified atom stereocenters. The first kappa shape index (κ1) is 15.3. The van der Waals surface area contributed by atoms with Crippen molar-refractivity contribution in [3.63, 3.8) is 0 Å². The number of thioether (sulfide) groups is 1. The molecular weight excluding hydrogens is 272 g/mol. The molecular formula is C15H22N2O2S. The Hall–Kier alpha value is -1.07. The summed E-state index contributed by atoms with van der Waals surface area (Å²) in [5.74, 6) is -0.135. The first-order chi connectivity index (χ1) is 9.55. The first-order valence-corrected chi connectivity index (χ1v) is 7.86. The summed E-state index contributed by atoms with van der Waals surface area (Å²) in [6.07, 6.45) is 6.27. The lowest BCUT2D eigenvalue weighted by molar-refractivity contribution is -0.148. The zero-order valence-corrected chi connectivity index (χ0v) is 13.1. The summed E-state index contributed by atoms with van der Waals surface area (Å²) < 4.78 is 5.02. The number of esters is 1. The van der Waals surface area contributed by atoms with Crippen LogP contribution in [0, 0.1) is 0 Å². The average Bonchev–Trinajstić information content (AvgIpc) is 2.82. The van der Waals surface area contributed by atoms with Gasteiger partial charge in [0.2, 0.25) is 0 Å². The van der Waals surface area contributed by atoms with Crippen LogP contribution in [0.15, 0.2) is 29.4 Å². The Kier molecular flexibility index (Phi) is 5.05. The maximum atomic E-state index is 12.2. The van der Waals surface area contributed by atoms with Gasteiger partial charge in [-0.15, -0.1) is 11.8 Å². The summed E-state index contributed by atoms with van der Waals surface area (Å²) >= 11 is 1.82. The van der Waals surface area contributed by atoms with Crippen molar-refractivity contribution in [2.75, 3.05) is 7.11 Å². The minimum absolute atomic E-state index is 0.135. The zero-order valence-electron chi connectivity index (χ0n) is 12.3. The van der Waals surface area contributed by atoms with E-state index < -0.39 is 5.54 Å². The molecule has 1 aromatic rings. The highest BCUT2D eigenvalue weighted by Crippen LogP contribution is 2.41. The minimum Gasteiger partial charge on any atom is -0.468 e. The largest absolute Gasteiger partial charge is 0.468 e. The second kappa shape index (κ2) is 6.59. The Balaban J connectivity index is 2.05. The van der Waals surface area contributed by atoms with E-state index in [2.05, 4.69) is 24.1 Å². The summed E-state index contributed by atoms with van der Waals surface area (Å²) in [5, 5.41) is 3.85. The fraction of sp³-hybridized carbons (Fsp3) is 0.600. The predicted molar refractivity (Wildman–Crippen MR) is 80.8 cm³/mol. The van der Waals surface area contributed by atoms with Crippen LogP contribution in [0.3, 0.4) is 0 Å². The molecule has 2 rings (SSSR count). The van der Waals surface area contributed by atoms with E-state index in [4.69, 9.17) is 4.74 Å². The summed E-state index contributed by atoms with van der Waals surface area (Å²) in [4.78, 5) is 17.4. The zero-order chi connectivity index (χ0) is 14.6. The van der Waals surface area contributed by atoms with E-state index in [1.165, 1.54) is 12.0 Å². The van der Waals surface area contributed by atoms with Crippen LogP contribution in [0.2, 0.25) is 0 Å². The highest BCUT2D eigenvalue weighted by Gasteiger charge is 2.46. The summed E-state index contributed by atoms with van der Waals surface area (Å²) in [6, 6.07) is 4.29. The van der Waals surface area contributed by atoms with E-state index in [9.17, 15) is 4.79 Å². The van der Waals surface area contributed by atoms with Gasteiger partial charge in [0.25, 0.3) is 0 Å². The van der Waals surface area contributed by atoms with Gasteiger partial charge in [0.15, 0.2) is 0 Å². The minimum atomic E-state index is -0.520. The lowest BCUT2D eigenvalue weighted by atomic mass is 9.96. The van der Waals surface area contributed by atoms with Crippen molar-refractivity contribution < 1.29 is 9.53 Å². The topological polar surface area (TPSA) is 51.2 Å². The summed E-state index contributed by atoms with van der Waals surface area (Å²) in [6.45, 7) is 4.13. The molecule has 0 spiro atoms.